The Bertz CT molecular complexity index is 1710. The van der Waals surface area contributed by atoms with E-state index in [1.807, 2.05) is 0 Å². The molecule has 0 bridgehead atoms. The van der Waals surface area contributed by atoms with E-state index < -0.39 is 0 Å². The first-order valence-electron chi connectivity index (χ1n) is 14.6. The average Bonchev–Trinajstić information content (AvgIpc) is 3.36. The Labute approximate surface area is 235 Å². The maximum Gasteiger partial charge on any atom is 0.0852 e. The molecule has 8 rings (SSSR count). The zero-order valence-corrected chi connectivity index (χ0v) is 22.7. The first kappa shape index (κ1) is 23.6. The summed E-state index contributed by atoms with van der Waals surface area (Å²) in [5, 5.41) is 18.4. The molecule has 6 nitrogen and oxygen atoms in total. The number of rotatable bonds is 2. The van der Waals surface area contributed by atoms with Crippen molar-refractivity contribution in [3.63, 3.8) is 0 Å². The number of hydrazine groups is 3. The van der Waals surface area contributed by atoms with Crippen molar-refractivity contribution in [3.05, 3.63) is 97.1 Å². The maximum absolute atomic E-state index is 3.77. The van der Waals surface area contributed by atoms with E-state index in [2.05, 4.69) is 128 Å². The van der Waals surface area contributed by atoms with E-state index in [0.29, 0.717) is 0 Å². The Balaban J connectivity index is 1.25. The minimum atomic E-state index is 0.927. The van der Waals surface area contributed by atoms with Gasteiger partial charge in [-0.15, -0.1) is 5.12 Å². The van der Waals surface area contributed by atoms with E-state index in [1.165, 1.54) is 57.1 Å². The third kappa shape index (κ3) is 3.95. The van der Waals surface area contributed by atoms with Crippen LogP contribution in [-0.4, -0.2) is 31.3 Å². The van der Waals surface area contributed by atoms with Crippen LogP contribution in [0.2, 0.25) is 0 Å². The lowest BCUT2D eigenvalue weighted by Gasteiger charge is -2.39. The summed E-state index contributed by atoms with van der Waals surface area (Å²) in [6.45, 7) is 3.96. The molecule has 3 aliphatic rings. The number of anilines is 6. The normalized spacial score (nSPS) is 17.6. The smallest absolute Gasteiger partial charge is 0.0852 e. The molecule has 0 aromatic heterocycles. The Kier molecular flexibility index (Phi) is 5.75. The fourth-order valence-electron chi connectivity index (χ4n) is 6.49. The summed E-state index contributed by atoms with van der Waals surface area (Å²) in [5.74, 6) is 0. The minimum Gasteiger partial charge on any atom is -0.383 e. The van der Waals surface area contributed by atoms with Crippen LogP contribution in [0.15, 0.2) is 97.1 Å². The summed E-state index contributed by atoms with van der Waals surface area (Å²) in [6.07, 6.45) is 4.66. The number of nitrogens with zero attached hydrogens (tertiary/aromatic N) is 4. The third-order valence-corrected chi connectivity index (χ3v) is 8.46. The molecule has 200 valence electrons. The van der Waals surface area contributed by atoms with Gasteiger partial charge >= 0.3 is 0 Å². The molecular formula is C34H34N6. The summed E-state index contributed by atoms with van der Waals surface area (Å²) in [5.41, 5.74) is 11.0. The van der Waals surface area contributed by atoms with Gasteiger partial charge in [-0.25, -0.2) is 5.43 Å². The summed E-state index contributed by atoms with van der Waals surface area (Å²) in [4.78, 5) is 0. The molecule has 2 N–H and O–H groups in total. The summed E-state index contributed by atoms with van der Waals surface area (Å²) in [6, 6.07) is 35.7. The van der Waals surface area contributed by atoms with Crippen LogP contribution in [0, 0.1) is 0 Å². The van der Waals surface area contributed by atoms with E-state index in [1.54, 1.807) is 0 Å². The van der Waals surface area contributed by atoms with Gasteiger partial charge in [-0.2, -0.15) is 0 Å². The zero-order valence-electron chi connectivity index (χ0n) is 22.7. The van der Waals surface area contributed by atoms with Gasteiger partial charge in [0.15, 0.2) is 0 Å². The molecule has 0 saturated carbocycles. The Morgan fingerprint density at radius 1 is 0.525 bits per heavy atom. The van der Waals surface area contributed by atoms with Gasteiger partial charge in [-0.3, -0.25) is 15.0 Å². The van der Waals surface area contributed by atoms with E-state index in [-0.39, 0.29) is 0 Å². The molecular weight excluding hydrogens is 492 g/mol. The summed E-state index contributed by atoms with van der Waals surface area (Å²) < 4.78 is 0. The summed E-state index contributed by atoms with van der Waals surface area (Å²) >= 11 is 0. The lowest BCUT2D eigenvalue weighted by Crippen LogP contribution is -2.50. The van der Waals surface area contributed by atoms with Gasteiger partial charge in [0.05, 0.1) is 34.1 Å². The van der Waals surface area contributed by atoms with Crippen LogP contribution in [0.3, 0.4) is 0 Å². The molecule has 0 atom stereocenters. The lowest BCUT2D eigenvalue weighted by atomic mass is 10.1. The van der Waals surface area contributed by atoms with Crippen molar-refractivity contribution in [2.45, 2.75) is 25.7 Å². The molecule has 40 heavy (non-hydrogen) atoms. The second-order valence-electron chi connectivity index (χ2n) is 11.0. The molecule has 0 aliphatic carbocycles. The molecule has 6 heteroatoms. The molecule has 3 heterocycles. The van der Waals surface area contributed by atoms with Crippen molar-refractivity contribution in [3.8, 4) is 0 Å². The van der Waals surface area contributed by atoms with Gasteiger partial charge in [0.25, 0.3) is 0 Å². The SMILES string of the molecule is c1cc(N2NCCCCNc3cc4ccccc4cc32)cc(N2c3cc4ccccc4cc3N3CCCCN32)c1. The van der Waals surface area contributed by atoms with E-state index >= 15 is 0 Å². The predicted molar refractivity (Wildman–Crippen MR) is 168 cm³/mol. The number of nitrogens with one attached hydrogen (secondary N) is 2. The molecule has 0 radical (unpaired) electrons. The Morgan fingerprint density at radius 2 is 1.18 bits per heavy atom. The van der Waals surface area contributed by atoms with Crippen LogP contribution in [-0.2, 0) is 0 Å². The second-order valence-corrected chi connectivity index (χ2v) is 11.0. The molecule has 0 unspecified atom stereocenters. The Hall–Kier alpha value is -4.26. The van der Waals surface area contributed by atoms with Crippen molar-refractivity contribution >= 4 is 55.7 Å². The van der Waals surface area contributed by atoms with Gasteiger partial charge in [0, 0.05) is 26.2 Å². The van der Waals surface area contributed by atoms with Gasteiger partial charge in [0.1, 0.15) is 0 Å². The zero-order chi connectivity index (χ0) is 26.5. The first-order valence-corrected chi connectivity index (χ1v) is 14.6. The highest BCUT2D eigenvalue weighted by Crippen LogP contribution is 2.47. The predicted octanol–water partition coefficient (Wildman–Crippen LogP) is 7.73. The monoisotopic (exact) mass is 526 g/mol. The minimum absolute atomic E-state index is 0.927. The van der Waals surface area contributed by atoms with Crippen LogP contribution in [0.5, 0.6) is 0 Å². The van der Waals surface area contributed by atoms with Crippen molar-refractivity contribution < 1.29 is 0 Å². The van der Waals surface area contributed by atoms with Crippen LogP contribution >= 0.6 is 0 Å². The fourth-order valence-corrected chi connectivity index (χ4v) is 6.49. The molecule has 1 fully saturated rings. The van der Waals surface area contributed by atoms with Gasteiger partial charge in [-0.05, 0) is 89.7 Å². The molecule has 0 amide bonds. The topological polar surface area (TPSA) is 37.0 Å². The van der Waals surface area contributed by atoms with Gasteiger partial charge in [-0.1, -0.05) is 54.6 Å². The van der Waals surface area contributed by atoms with E-state index in [4.69, 9.17) is 0 Å². The number of hydrogen-bond acceptors (Lipinski definition) is 6. The largest absolute Gasteiger partial charge is 0.383 e. The molecule has 5 aromatic carbocycles. The molecule has 1 saturated heterocycles. The van der Waals surface area contributed by atoms with Gasteiger partial charge in [0.2, 0.25) is 0 Å². The number of fused-ring (bicyclic) bond motifs is 6. The second kappa shape index (κ2) is 9.73. The highest BCUT2D eigenvalue weighted by atomic mass is 15.9. The standard InChI is InChI=1S/C34H34N6/c1-2-11-26-21-32-31(20-25(26)10-1)35-16-5-6-17-36-39(32)29-14-9-15-30(24-29)40-34-23-28-13-4-3-12-27(28)22-33(34)37-18-7-8-19-38(37)40/h1-4,9-15,20-24,35-36H,5-8,16-19H2. The van der Waals surface area contributed by atoms with Crippen molar-refractivity contribution in [2.24, 2.45) is 0 Å². The highest BCUT2D eigenvalue weighted by Gasteiger charge is 2.37. The van der Waals surface area contributed by atoms with Gasteiger partial charge < -0.3 is 5.32 Å². The van der Waals surface area contributed by atoms with Crippen molar-refractivity contribution in [1.29, 1.82) is 0 Å². The molecule has 0 spiro atoms. The van der Waals surface area contributed by atoms with E-state index in [0.717, 1.165) is 50.4 Å². The maximum atomic E-state index is 3.77. The highest BCUT2D eigenvalue weighted by molar-refractivity contribution is 5.96. The lowest BCUT2D eigenvalue weighted by molar-refractivity contribution is 0.232. The molecule has 3 aliphatic heterocycles. The number of benzene rings is 5. The van der Waals surface area contributed by atoms with Crippen LogP contribution in [0.1, 0.15) is 25.7 Å². The van der Waals surface area contributed by atoms with Crippen LogP contribution in [0.25, 0.3) is 21.5 Å². The van der Waals surface area contributed by atoms with Crippen molar-refractivity contribution in [2.75, 3.05) is 46.5 Å². The Morgan fingerprint density at radius 3 is 1.98 bits per heavy atom. The molecule has 5 aromatic rings. The van der Waals surface area contributed by atoms with Crippen molar-refractivity contribution in [1.82, 2.24) is 10.5 Å². The van der Waals surface area contributed by atoms with Crippen LogP contribution < -0.4 is 25.8 Å². The third-order valence-electron chi connectivity index (χ3n) is 8.46. The quantitative estimate of drug-likeness (QED) is 0.245. The first-order chi connectivity index (χ1) is 19.8. The van der Waals surface area contributed by atoms with Crippen LogP contribution in [0.4, 0.5) is 34.1 Å². The average molecular weight is 527 g/mol. The van der Waals surface area contributed by atoms with E-state index in [9.17, 15) is 0 Å². The summed E-state index contributed by atoms with van der Waals surface area (Å²) in [7, 11) is 0. The fraction of sp³-hybridized carbons (Fsp3) is 0.235. The number of hydrogen-bond donors (Lipinski definition) is 2.